The Kier molecular flexibility index (Phi) is 8.76. The summed E-state index contributed by atoms with van der Waals surface area (Å²) in [6.45, 7) is 3.64. The van der Waals surface area contributed by atoms with E-state index in [0.717, 1.165) is 9.87 Å². The molecule has 208 valence electrons. The van der Waals surface area contributed by atoms with E-state index < -0.39 is 32.5 Å². The molecular formula is C29H29N3O6S2. The van der Waals surface area contributed by atoms with Crippen LogP contribution < -0.4 is 19.1 Å². The maximum atomic E-state index is 13.6. The number of para-hydroxylation sites is 1. The lowest BCUT2D eigenvalue weighted by molar-refractivity contribution is -0.114. The van der Waals surface area contributed by atoms with Gasteiger partial charge in [-0.05, 0) is 86.6 Å². The first kappa shape index (κ1) is 28.7. The van der Waals surface area contributed by atoms with Crippen molar-refractivity contribution in [2.24, 2.45) is 0 Å². The van der Waals surface area contributed by atoms with Crippen molar-refractivity contribution in [3.63, 3.8) is 0 Å². The third-order valence-corrected chi connectivity index (χ3v) is 8.99. The van der Waals surface area contributed by atoms with E-state index in [1.165, 1.54) is 36.4 Å². The molecule has 40 heavy (non-hydrogen) atoms. The smallest absolute Gasteiger partial charge is 0.264 e. The van der Waals surface area contributed by atoms with Crippen molar-refractivity contribution in [1.29, 1.82) is 0 Å². The van der Waals surface area contributed by atoms with Gasteiger partial charge in [0.15, 0.2) is 0 Å². The number of carbonyl (C=O) groups is 1. The molecule has 0 saturated carbocycles. The molecule has 0 aliphatic carbocycles. The van der Waals surface area contributed by atoms with Gasteiger partial charge in [-0.1, -0.05) is 35.9 Å². The van der Waals surface area contributed by atoms with Gasteiger partial charge in [-0.2, -0.15) is 0 Å². The van der Waals surface area contributed by atoms with E-state index in [4.69, 9.17) is 4.74 Å². The molecule has 0 aromatic heterocycles. The molecule has 2 N–H and O–H groups in total. The largest absolute Gasteiger partial charge is 0.494 e. The third-order valence-electron chi connectivity index (χ3n) is 5.81. The van der Waals surface area contributed by atoms with E-state index in [1.807, 2.05) is 13.8 Å². The lowest BCUT2D eigenvalue weighted by atomic mass is 10.2. The van der Waals surface area contributed by atoms with Crippen LogP contribution in [0.4, 0.5) is 17.1 Å². The molecule has 0 unspecified atom stereocenters. The summed E-state index contributed by atoms with van der Waals surface area (Å²) in [5, 5.41) is 2.65. The molecule has 0 fully saturated rings. The number of amides is 1. The quantitative estimate of drug-likeness (QED) is 0.257. The van der Waals surface area contributed by atoms with Crippen LogP contribution in [-0.2, 0) is 24.8 Å². The second-order valence-electron chi connectivity index (χ2n) is 8.80. The van der Waals surface area contributed by atoms with Crippen LogP contribution in [0, 0.1) is 6.92 Å². The van der Waals surface area contributed by atoms with E-state index in [0.29, 0.717) is 29.4 Å². The van der Waals surface area contributed by atoms with Crippen LogP contribution in [0.2, 0.25) is 0 Å². The van der Waals surface area contributed by atoms with Crippen LogP contribution in [-0.4, -0.2) is 35.9 Å². The van der Waals surface area contributed by atoms with Gasteiger partial charge in [0.1, 0.15) is 12.3 Å². The summed E-state index contributed by atoms with van der Waals surface area (Å²) in [6.07, 6.45) is 0. The molecule has 4 aromatic carbocycles. The van der Waals surface area contributed by atoms with Crippen LogP contribution >= 0.6 is 0 Å². The van der Waals surface area contributed by atoms with Crippen LogP contribution in [0.25, 0.3) is 0 Å². The molecular weight excluding hydrogens is 550 g/mol. The lowest BCUT2D eigenvalue weighted by Crippen LogP contribution is -2.38. The lowest BCUT2D eigenvalue weighted by Gasteiger charge is -2.24. The average molecular weight is 580 g/mol. The number of nitrogens with one attached hydrogen (secondary N) is 2. The number of rotatable bonds is 11. The molecule has 0 spiro atoms. The minimum atomic E-state index is -4.11. The van der Waals surface area contributed by atoms with Gasteiger partial charge in [-0.15, -0.1) is 0 Å². The first-order valence-electron chi connectivity index (χ1n) is 12.4. The fraction of sp³-hybridized carbons (Fsp3) is 0.138. The molecule has 0 aliphatic heterocycles. The molecule has 0 atom stereocenters. The van der Waals surface area contributed by atoms with Crippen LogP contribution in [0.3, 0.4) is 0 Å². The molecule has 0 aliphatic rings. The number of aryl methyl sites for hydroxylation is 1. The number of benzene rings is 4. The molecule has 11 heteroatoms. The predicted octanol–water partition coefficient (Wildman–Crippen LogP) is 5.03. The van der Waals surface area contributed by atoms with Gasteiger partial charge < -0.3 is 10.1 Å². The van der Waals surface area contributed by atoms with Gasteiger partial charge in [0, 0.05) is 11.4 Å². The highest BCUT2D eigenvalue weighted by Gasteiger charge is 2.27. The second kappa shape index (κ2) is 12.2. The van der Waals surface area contributed by atoms with E-state index in [2.05, 4.69) is 10.0 Å². The highest BCUT2D eigenvalue weighted by atomic mass is 32.2. The van der Waals surface area contributed by atoms with Crippen molar-refractivity contribution in [3.05, 3.63) is 109 Å². The number of hydrogen-bond donors (Lipinski definition) is 2. The molecule has 1 amide bonds. The minimum Gasteiger partial charge on any atom is -0.494 e. The maximum absolute atomic E-state index is 13.6. The van der Waals surface area contributed by atoms with Crippen molar-refractivity contribution < 1.29 is 26.4 Å². The molecule has 0 saturated heterocycles. The van der Waals surface area contributed by atoms with Crippen LogP contribution in [0.5, 0.6) is 5.75 Å². The van der Waals surface area contributed by atoms with Crippen LogP contribution in [0.15, 0.2) is 113 Å². The average Bonchev–Trinajstić information content (AvgIpc) is 2.93. The number of ether oxygens (including phenoxy) is 1. The molecule has 4 aromatic rings. The Hall–Kier alpha value is -4.35. The maximum Gasteiger partial charge on any atom is 0.264 e. The molecule has 0 radical (unpaired) electrons. The fourth-order valence-electron chi connectivity index (χ4n) is 3.80. The highest BCUT2D eigenvalue weighted by molar-refractivity contribution is 7.93. The monoisotopic (exact) mass is 579 g/mol. The van der Waals surface area contributed by atoms with Crippen molar-refractivity contribution in [2.75, 3.05) is 27.5 Å². The summed E-state index contributed by atoms with van der Waals surface area (Å²) in [4.78, 5) is 13.0. The Balaban J connectivity index is 1.53. The number of hydrogen-bond acceptors (Lipinski definition) is 6. The minimum absolute atomic E-state index is 0.00445. The Bertz CT molecular complexity index is 1660. The number of sulfonamides is 2. The van der Waals surface area contributed by atoms with Crippen molar-refractivity contribution in [1.82, 2.24) is 0 Å². The first-order chi connectivity index (χ1) is 19.1. The van der Waals surface area contributed by atoms with Gasteiger partial charge in [-0.3, -0.25) is 13.8 Å². The van der Waals surface area contributed by atoms with Gasteiger partial charge >= 0.3 is 0 Å². The fourth-order valence-corrected chi connectivity index (χ4v) is 6.28. The summed E-state index contributed by atoms with van der Waals surface area (Å²) in [6, 6.07) is 26.8. The van der Waals surface area contributed by atoms with Gasteiger partial charge in [-0.25, -0.2) is 16.8 Å². The molecule has 4 rings (SSSR count). The second-order valence-corrected chi connectivity index (χ2v) is 12.3. The molecule has 9 nitrogen and oxygen atoms in total. The summed E-state index contributed by atoms with van der Waals surface area (Å²) in [7, 11) is -7.95. The molecule has 0 heterocycles. The van der Waals surface area contributed by atoms with Crippen LogP contribution in [0.1, 0.15) is 12.5 Å². The zero-order valence-corrected chi connectivity index (χ0v) is 23.6. The summed E-state index contributed by atoms with van der Waals surface area (Å²) >= 11 is 0. The molecule has 0 bridgehead atoms. The highest BCUT2D eigenvalue weighted by Crippen LogP contribution is 2.26. The number of carbonyl (C=O) groups excluding carboxylic acids is 1. The summed E-state index contributed by atoms with van der Waals surface area (Å²) < 4.78 is 61.5. The van der Waals surface area contributed by atoms with E-state index in [1.54, 1.807) is 66.7 Å². The first-order valence-corrected chi connectivity index (χ1v) is 15.3. The van der Waals surface area contributed by atoms with Gasteiger partial charge in [0.05, 0.1) is 22.1 Å². The van der Waals surface area contributed by atoms with Crippen molar-refractivity contribution in [2.45, 2.75) is 23.6 Å². The van der Waals surface area contributed by atoms with E-state index in [-0.39, 0.29) is 9.79 Å². The zero-order chi connectivity index (χ0) is 28.8. The topological polar surface area (TPSA) is 122 Å². The summed E-state index contributed by atoms with van der Waals surface area (Å²) in [5.41, 5.74) is 1.99. The van der Waals surface area contributed by atoms with Crippen molar-refractivity contribution in [3.8, 4) is 5.75 Å². The summed E-state index contributed by atoms with van der Waals surface area (Å²) in [5.74, 6) is -0.0707. The Morgan fingerprint density at radius 2 is 1.35 bits per heavy atom. The van der Waals surface area contributed by atoms with E-state index in [9.17, 15) is 21.6 Å². The number of anilines is 3. The van der Waals surface area contributed by atoms with Crippen molar-refractivity contribution >= 4 is 43.0 Å². The SMILES string of the molecule is CCOc1ccc(S(=O)(=O)N(CC(=O)Nc2ccc(S(=O)(=O)Nc3ccccc3)cc2)c2ccc(C)cc2)cc1. The zero-order valence-electron chi connectivity index (χ0n) is 21.9. The Morgan fingerprint density at radius 3 is 1.95 bits per heavy atom. The normalized spacial score (nSPS) is 11.4. The standard InChI is InChI=1S/C29H29N3O6S2/c1-3-38-26-15-19-28(20-16-26)40(36,37)32(25-13-9-22(2)10-14-25)21-29(33)30-23-11-17-27(18-12-23)39(34,35)31-24-7-5-4-6-8-24/h4-20,31H,3,21H2,1-2H3,(H,30,33). The Labute approximate surface area is 234 Å². The van der Waals surface area contributed by atoms with Gasteiger partial charge in [0.25, 0.3) is 20.0 Å². The Morgan fingerprint density at radius 1 is 0.750 bits per heavy atom. The van der Waals surface area contributed by atoms with E-state index >= 15 is 0 Å². The predicted molar refractivity (Wildman–Crippen MR) is 156 cm³/mol. The number of nitrogens with zero attached hydrogens (tertiary/aromatic N) is 1. The third kappa shape index (κ3) is 6.99. The van der Waals surface area contributed by atoms with Gasteiger partial charge in [0.2, 0.25) is 5.91 Å².